The van der Waals surface area contributed by atoms with Crippen LogP contribution in [0.3, 0.4) is 0 Å². The largest absolute Gasteiger partial charge is 0.480 e. The first-order chi connectivity index (χ1) is 9.63. The van der Waals surface area contributed by atoms with Crippen molar-refractivity contribution >= 4 is 23.6 Å². The monoisotopic (exact) mass is 304 g/mol. The van der Waals surface area contributed by atoms with Crippen LogP contribution in [0.25, 0.3) is 0 Å². The molecule has 20 heavy (non-hydrogen) atoms. The van der Waals surface area contributed by atoms with Crippen molar-refractivity contribution in [2.24, 2.45) is 5.73 Å². The molecule has 0 bridgehead atoms. The highest BCUT2D eigenvalue weighted by atomic mass is 32.2. The molecule has 6 nitrogen and oxygen atoms in total. The van der Waals surface area contributed by atoms with Crippen LogP contribution in [-0.2, 0) is 14.3 Å². The van der Waals surface area contributed by atoms with Gasteiger partial charge in [-0.15, -0.1) is 11.8 Å². The van der Waals surface area contributed by atoms with E-state index in [-0.39, 0.29) is 17.1 Å². The van der Waals surface area contributed by atoms with E-state index < -0.39 is 12.0 Å². The molecular formula is C13H24N2O4S. The van der Waals surface area contributed by atoms with E-state index in [9.17, 15) is 9.59 Å². The summed E-state index contributed by atoms with van der Waals surface area (Å²) < 4.78 is 5.51. The highest BCUT2D eigenvalue weighted by molar-refractivity contribution is 8.00. The fourth-order valence-corrected chi connectivity index (χ4v) is 2.94. The number of unbranched alkanes of at least 4 members (excludes halogenated alkanes) is 1. The molecule has 2 atom stereocenters. The standard InChI is InChI=1S/C13H24N2O4S/c14-7-3-1-5-10(13(17)18)15-11(16)9-20-12-6-2-4-8-19-12/h10,12H,1-9,14H2,(H,15,16)(H,17,18)/t10-,12?/m0/s1. The number of nitrogens with one attached hydrogen (secondary N) is 1. The lowest BCUT2D eigenvalue weighted by atomic mass is 10.1. The van der Waals surface area contributed by atoms with E-state index in [4.69, 9.17) is 15.6 Å². The average molecular weight is 304 g/mol. The summed E-state index contributed by atoms with van der Waals surface area (Å²) in [5.41, 5.74) is 5.44. The maximum absolute atomic E-state index is 11.8. The van der Waals surface area contributed by atoms with Gasteiger partial charge in [0.25, 0.3) is 0 Å². The normalized spacial score (nSPS) is 20.4. The lowest BCUT2D eigenvalue weighted by molar-refractivity contribution is -0.141. The summed E-state index contributed by atoms with van der Waals surface area (Å²) in [6, 6.07) is -0.818. The smallest absolute Gasteiger partial charge is 0.326 e. The summed E-state index contributed by atoms with van der Waals surface area (Å²) in [6.45, 7) is 1.28. The predicted molar refractivity (Wildman–Crippen MR) is 78.5 cm³/mol. The van der Waals surface area contributed by atoms with Crippen LogP contribution in [0.4, 0.5) is 0 Å². The molecule has 1 saturated heterocycles. The molecule has 1 amide bonds. The zero-order chi connectivity index (χ0) is 14.8. The summed E-state index contributed by atoms with van der Waals surface area (Å²) in [7, 11) is 0. The molecule has 0 aromatic heterocycles. The number of carbonyl (C=O) groups is 2. The number of carboxylic acids is 1. The van der Waals surface area contributed by atoms with Crippen LogP contribution in [0.1, 0.15) is 38.5 Å². The molecule has 0 aromatic rings. The van der Waals surface area contributed by atoms with E-state index in [2.05, 4.69) is 5.32 Å². The van der Waals surface area contributed by atoms with Gasteiger partial charge >= 0.3 is 5.97 Å². The van der Waals surface area contributed by atoms with Gasteiger partial charge in [0.2, 0.25) is 5.91 Å². The molecule has 1 heterocycles. The van der Waals surface area contributed by atoms with Crippen molar-refractivity contribution < 1.29 is 19.4 Å². The van der Waals surface area contributed by atoms with E-state index in [0.29, 0.717) is 19.4 Å². The molecule has 1 unspecified atom stereocenters. The van der Waals surface area contributed by atoms with Gasteiger partial charge in [-0.05, 0) is 45.1 Å². The molecular weight excluding hydrogens is 280 g/mol. The Balaban J connectivity index is 2.24. The van der Waals surface area contributed by atoms with E-state index in [1.807, 2.05) is 0 Å². The number of carbonyl (C=O) groups excluding carboxylic acids is 1. The third-order valence-corrected chi connectivity index (χ3v) is 4.29. The maximum Gasteiger partial charge on any atom is 0.326 e. The number of ether oxygens (including phenoxy) is 1. The van der Waals surface area contributed by atoms with Crippen molar-refractivity contribution in [1.29, 1.82) is 0 Å². The molecule has 1 rings (SSSR count). The van der Waals surface area contributed by atoms with E-state index >= 15 is 0 Å². The number of hydrogen-bond acceptors (Lipinski definition) is 5. The molecule has 0 spiro atoms. The first-order valence-electron chi connectivity index (χ1n) is 7.09. The quantitative estimate of drug-likeness (QED) is 0.548. The summed E-state index contributed by atoms with van der Waals surface area (Å²) in [5, 5.41) is 11.6. The fraction of sp³-hybridized carbons (Fsp3) is 0.846. The SMILES string of the molecule is NCCCC[C@H](NC(=O)CSC1CCCCO1)C(=O)O. The second-order valence-corrected chi connectivity index (χ2v) is 6.00. The molecule has 0 radical (unpaired) electrons. The Morgan fingerprint density at radius 1 is 1.40 bits per heavy atom. The third-order valence-electron chi connectivity index (χ3n) is 3.12. The summed E-state index contributed by atoms with van der Waals surface area (Å²) in [5.74, 6) is -0.996. The highest BCUT2D eigenvalue weighted by Gasteiger charge is 2.21. The fourth-order valence-electron chi connectivity index (χ4n) is 2.00. The summed E-state index contributed by atoms with van der Waals surface area (Å²) >= 11 is 1.44. The van der Waals surface area contributed by atoms with E-state index in [0.717, 1.165) is 32.3 Å². The van der Waals surface area contributed by atoms with Crippen molar-refractivity contribution in [2.45, 2.75) is 50.0 Å². The number of hydrogen-bond donors (Lipinski definition) is 3. The van der Waals surface area contributed by atoms with Crippen molar-refractivity contribution in [2.75, 3.05) is 18.9 Å². The molecule has 116 valence electrons. The van der Waals surface area contributed by atoms with Gasteiger partial charge in [-0.2, -0.15) is 0 Å². The Bertz CT molecular complexity index is 309. The first kappa shape index (κ1) is 17.3. The van der Waals surface area contributed by atoms with Crippen LogP contribution in [0.5, 0.6) is 0 Å². The second kappa shape index (κ2) is 10.0. The van der Waals surface area contributed by atoms with Gasteiger partial charge < -0.3 is 20.9 Å². The van der Waals surface area contributed by atoms with Crippen molar-refractivity contribution in [3.63, 3.8) is 0 Å². The molecule has 1 aliphatic rings. The summed E-state index contributed by atoms with van der Waals surface area (Å²) in [6.07, 6.45) is 5.04. The van der Waals surface area contributed by atoms with E-state index in [1.165, 1.54) is 11.8 Å². The van der Waals surface area contributed by atoms with Crippen LogP contribution in [0, 0.1) is 0 Å². The van der Waals surface area contributed by atoms with Gasteiger partial charge in [0.05, 0.1) is 5.75 Å². The van der Waals surface area contributed by atoms with Gasteiger partial charge in [0.1, 0.15) is 11.5 Å². The van der Waals surface area contributed by atoms with Gasteiger partial charge in [-0.25, -0.2) is 4.79 Å². The van der Waals surface area contributed by atoms with Crippen molar-refractivity contribution in [3.05, 3.63) is 0 Å². The number of carboxylic acid groups (broad SMARTS) is 1. The minimum Gasteiger partial charge on any atom is -0.480 e. The van der Waals surface area contributed by atoms with Gasteiger partial charge in [-0.1, -0.05) is 0 Å². The molecule has 0 aromatic carbocycles. The minimum absolute atomic E-state index is 0.0648. The Morgan fingerprint density at radius 3 is 2.80 bits per heavy atom. The molecule has 1 fully saturated rings. The number of rotatable bonds is 9. The minimum atomic E-state index is -0.991. The van der Waals surface area contributed by atoms with Crippen LogP contribution in [-0.4, -0.2) is 47.4 Å². The molecule has 7 heteroatoms. The predicted octanol–water partition coefficient (Wildman–Crippen LogP) is 0.945. The second-order valence-electron chi connectivity index (χ2n) is 4.85. The number of amides is 1. The Kier molecular flexibility index (Phi) is 8.64. The van der Waals surface area contributed by atoms with Crippen LogP contribution < -0.4 is 11.1 Å². The van der Waals surface area contributed by atoms with Crippen molar-refractivity contribution in [1.82, 2.24) is 5.32 Å². The Hall–Kier alpha value is -0.790. The first-order valence-corrected chi connectivity index (χ1v) is 8.14. The van der Waals surface area contributed by atoms with Crippen molar-refractivity contribution in [3.8, 4) is 0 Å². The lowest BCUT2D eigenvalue weighted by Crippen LogP contribution is -2.42. The van der Waals surface area contributed by atoms with Crippen LogP contribution in [0.15, 0.2) is 0 Å². The number of thioether (sulfide) groups is 1. The van der Waals surface area contributed by atoms with Gasteiger partial charge in [0.15, 0.2) is 0 Å². The highest BCUT2D eigenvalue weighted by Crippen LogP contribution is 2.22. The zero-order valence-corrected chi connectivity index (χ0v) is 12.5. The molecule has 0 aliphatic carbocycles. The topological polar surface area (TPSA) is 102 Å². The Labute approximate surface area is 123 Å². The van der Waals surface area contributed by atoms with Gasteiger partial charge in [0, 0.05) is 6.61 Å². The molecule has 1 aliphatic heterocycles. The van der Waals surface area contributed by atoms with Crippen LogP contribution in [0.2, 0.25) is 0 Å². The summed E-state index contributed by atoms with van der Waals surface area (Å²) in [4.78, 5) is 22.8. The number of nitrogens with two attached hydrogens (primary N) is 1. The van der Waals surface area contributed by atoms with E-state index in [1.54, 1.807) is 0 Å². The molecule has 4 N–H and O–H groups in total. The molecule has 0 saturated carbocycles. The maximum atomic E-state index is 11.8. The Morgan fingerprint density at radius 2 is 2.20 bits per heavy atom. The lowest BCUT2D eigenvalue weighted by Gasteiger charge is -2.22. The zero-order valence-electron chi connectivity index (χ0n) is 11.7. The van der Waals surface area contributed by atoms with Gasteiger partial charge in [-0.3, -0.25) is 4.79 Å². The van der Waals surface area contributed by atoms with Crippen LogP contribution >= 0.6 is 11.8 Å². The average Bonchev–Trinajstić information content (AvgIpc) is 2.45. The number of aliphatic carboxylic acids is 1. The third kappa shape index (κ3) is 7.12.